The number of pyridine rings is 1. The zero-order valence-corrected chi connectivity index (χ0v) is 12.9. The van der Waals surface area contributed by atoms with Crippen LogP contribution in [0, 0.1) is 6.92 Å². The van der Waals surface area contributed by atoms with Crippen molar-refractivity contribution in [3.8, 4) is 5.75 Å². The third kappa shape index (κ3) is 3.31. The molecular weight excluding hydrogens is 282 g/mol. The Morgan fingerprint density at radius 1 is 1.24 bits per heavy atom. The standard InChI is InChI=1S/C16H17N3OS/c1-11-3-5-13(6-4-11)20-12(2)9-18-16-14-7-8-17-10-15(14)21-19-16/h3-8,10,12H,9H2,1-2H3,(H,18,19). The zero-order chi connectivity index (χ0) is 14.7. The van der Waals surface area contributed by atoms with Gasteiger partial charge in [0.15, 0.2) is 0 Å². The molecule has 108 valence electrons. The summed E-state index contributed by atoms with van der Waals surface area (Å²) in [6.45, 7) is 4.81. The monoisotopic (exact) mass is 299 g/mol. The molecule has 0 amide bonds. The number of nitrogens with one attached hydrogen (secondary N) is 1. The van der Waals surface area contributed by atoms with Crippen molar-refractivity contribution in [3.05, 3.63) is 48.3 Å². The van der Waals surface area contributed by atoms with Gasteiger partial charge in [-0.1, -0.05) is 17.7 Å². The normalized spacial score (nSPS) is 12.3. The zero-order valence-electron chi connectivity index (χ0n) is 12.0. The van der Waals surface area contributed by atoms with Gasteiger partial charge in [0.1, 0.15) is 17.7 Å². The summed E-state index contributed by atoms with van der Waals surface area (Å²) >= 11 is 1.46. The van der Waals surface area contributed by atoms with E-state index in [0.717, 1.165) is 21.7 Å². The van der Waals surface area contributed by atoms with Gasteiger partial charge in [-0.25, -0.2) is 0 Å². The summed E-state index contributed by atoms with van der Waals surface area (Å²) in [5.74, 6) is 1.79. The minimum Gasteiger partial charge on any atom is -0.489 e. The van der Waals surface area contributed by atoms with Crippen LogP contribution in [0.4, 0.5) is 5.82 Å². The fourth-order valence-corrected chi connectivity index (χ4v) is 2.77. The SMILES string of the molecule is Cc1ccc(OC(C)CNc2nsc3cnccc23)cc1. The summed E-state index contributed by atoms with van der Waals surface area (Å²) in [7, 11) is 0. The molecule has 0 bridgehead atoms. The van der Waals surface area contributed by atoms with Gasteiger partial charge in [0.2, 0.25) is 0 Å². The van der Waals surface area contributed by atoms with Gasteiger partial charge in [0.25, 0.3) is 0 Å². The smallest absolute Gasteiger partial charge is 0.147 e. The predicted molar refractivity (Wildman–Crippen MR) is 87.2 cm³/mol. The molecule has 0 saturated carbocycles. The molecule has 0 aliphatic rings. The van der Waals surface area contributed by atoms with Crippen LogP contribution >= 0.6 is 11.5 Å². The quantitative estimate of drug-likeness (QED) is 0.776. The van der Waals surface area contributed by atoms with Gasteiger partial charge in [-0.3, -0.25) is 4.98 Å². The molecule has 1 N–H and O–H groups in total. The lowest BCUT2D eigenvalue weighted by Crippen LogP contribution is -2.22. The Kier molecular flexibility index (Phi) is 4.01. The number of fused-ring (bicyclic) bond motifs is 1. The van der Waals surface area contributed by atoms with E-state index < -0.39 is 0 Å². The molecule has 1 aromatic carbocycles. The Hall–Kier alpha value is -2.14. The van der Waals surface area contributed by atoms with E-state index in [4.69, 9.17) is 4.74 Å². The lowest BCUT2D eigenvalue weighted by atomic mass is 10.2. The van der Waals surface area contributed by atoms with E-state index in [0.29, 0.717) is 6.54 Å². The van der Waals surface area contributed by atoms with Crippen molar-refractivity contribution < 1.29 is 4.74 Å². The fraction of sp³-hybridized carbons (Fsp3) is 0.250. The third-order valence-electron chi connectivity index (χ3n) is 3.19. The van der Waals surface area contributed by atoms with E-state index in [1.54, 1.807) is 6.20 Å². The number of ether oxygens (including phenoxy) is 1. The molecule has 3 aromatic rings. The van der Waals surface area contributed by atoms with E-state index in [9.17, 15) is 0 Å². The Morgan fingerprint density at radius 3 is 2.86 bits per heavy atom. The number of nitrogens with zero attached hydrogens (tertiary/aromatic N) is 2. The lowest BCUT2D eigenvalue weighted by Gasteiger charge is -2.15. The number of hydrogen-bond acceptors (Lipinski definition) is 5. The first-order valence-corrected chi connectivity index (χ1v) is 7.66. The Labute approximate surface area is 128 Å². The number of aryl methyl sites for hydroxylation is 1. The van der Waals surface area contributed by atoms with Gasteiger partial charge in [0.05, 0.1) is 11.2 Å². The van der Waals surface area contributed by atoms with Gasteiger partial charge >= 0.3 is 0 Å². The summed E-state index contributed by atoms with van der Waals surface area (Å²) in [4.78, 5) is 4.10. The van der Waals surface area contributed by atoms with E-state index in [2.05, 4.69) is 33.7 Å². The van der Waals surface area contributed by atoms with Crippen LogP contribution in [0.3, 0.4) is 0 Å². The molecular formula is C16H17N3OS. The van der Waals surface area contributed by atoms with Crippen molar-refractivity contribution in [3.63, 3.8) is 0 Å². The van der Waals surface area contributed by atoms with Crippen molar-refractivity contribution in [1.29, 1.82) is 0 Å². The average molecular weight is 299 g/mol. The number of aromatic nitrogens is 2. The van der Waals surface area contributed by atoms with Crippen LogP contribution in [0.2, 0.25) is 0 Å². The van der Waals surface area contributed by atoms with Crippen molar-refractivity contribution >= 4 is 27.4 Å². The molecule has 4 nitrogen and oxygen atoms in total. The second-order valence-electron chi connectivity index (χ2n) is 5.03. The average Bonchev–Trinajstić information content (AvgIpc) is 2.91. The largest absolute Gasteiger partial charge is 0.489 e. The summed E-state index contributed by atoms with van der Waals surface area (Å²) in [6, 6.07) is 10.1. The Bertz CT molecular complexity index is 724. The van der Waals surface area contributed by atoms with Crippen LogP contribution in [-0.4, -0.2) is 22.0 Å². The summed E-state index contributed by atoms with van der Waals surface area (Å²) < 4.78 is 11.4. The van der Waals surface area contributed by atoms with Crippen LogP contribution < -0.4 is 10.1 Å². The molecule has 0 radical (unpaired) electrons. The number of anilines is 1. The highest BCUT2D eigenvalue weighted by molar-refractivity contribution is 7.13. The van der Waals surface area contributed by atoms with Crippen LogP contribution in [0.1, 0.15) is 12.5 Å². The topological polar surface area (TPSA) is 47.0 Å². The molecule has 0 aliphatic heterocycles. The van der Waals surface area contributed by atoms with Crippen molar-refractivity contribution in [1.82, 2.24) is 9.36 Å². The number of hydrogen-bond donors (Lipinski definition) is 1. The molecule has 0 aliphatic carbocycles. The molecule has 3 rings (SSSR count). The maximum atomic E-state index is 5.88. The van der Waals surface area contributed by atoms with Crippen LogP contribution in [0.15, 0.2) is 42.7 Å². The van der Waals surface area contributed by atoms with Crippen molar-refractivity contribution in [2.24, 2.45) is 0 Å². The first kappa shape index (κ1) is 13.8. The predicted octanol–water partition coefficient (Wildman–Crippen LogP) is 3.88. The van der Waals surface area contributed by atoms with E-state index in [-0.39, 0.29) is 6.10 Å². The Balaban J connectivity index is 1.60. The molecule has 5 heteroatoms. The minimum absolute atomic E-state index is 0.0614. The first-order chi connectivity index (χ1) is 10.2. The second-order valence-corrected chi connectivity index (χ2v) is 5.83. The van der Waals surface area contributed by atoms with E-state index >= 15 is 0 Å². The fourth-order valence-electron chi connectivity index (χ4n) is 2.05. The van der Waals surface area contributed by atoms with E-state index in [1.807, 2.05) is 31.3 Å². The third-order valence-corrected chi connectivity index (χ3v) is 3.99. The summed E-state index contributed by atoms with van der Waals surface area (Å²) in [5, 5.41) is 4.45. The van der Waals surface area contributed by atoms with Crippen LogP contribution in [0.5, 0.6) is 5.75 Å². The second kappa shape index (κ2) is 6.10. The van der Waals surface area contributed by atoms with Gasteiger partial charge in [0, 0.05) is 17.8 Å². The summed E-state index contributed by atoms with van der Waals surface area (Å²) in [6.07, 6.45) is 3.68. The van der Waals surface area contributed by atoms with Gasteiger partial charge in [-0.2, -0.15) is 4.37 Å². The highest BCUT2D eigenvalue weighted by Crippen LogP contribution is 2.25. The van der Waals surface area contributed by atoms with Gasteiger partial charge in [-0.15, -0.1) is 0 Å². The number of benzene rings is 1. The number of rotatable bonds is 5. The highest BCUT2D eigenvalue weighted by atomic mass is 32.1. The molecule has 1 atom stereocenters. The molecule has 2 aromatic heterocycles. The Morgan fingerprint density at radius 2 is 2.05 bits per heavy atom. The summed E-state index contributed by atoms with van der Waals surface area (Å²) in [5.41, 5.74) is 1.23. The molecule has 2 heterocycles. The van der Waals surface area contributed by atoms with E-state index in [1.165, 1.54) is 17.1 Å². The highest BCUT2D eigenvalue weighted by Gasteiger charge is 2.08. The molecule has 0 spiro atoms. The van der Waals surface area contributed by atoms with Crippen molar-refractivity contribution in [2.75, 3.05) is 11.9 Å². The van der Waals surface area contributed by atoms with Gasteiger partial charge in [-0.05, 0) is 43.6 Å². The van der Waals surface area contributed by atoms with Crippen LogP contribution in [0.25, 0.3) is 10.1 Å². The lowest BCUT2D eigenvalue weighted by molar-refractivity contribution is 0.234. The van der Waals surface area contributed by atoms with Gasteiger partial charge < -0.3 is 10.1 Å². The molecule has 0 saturated heterocycles. The molecule has 21 heavy (non-hydrogen) atoms. The minimum atomic E-state index is 0.0614. The maximum Gasteiger partial charge on any atom is 0.147 e. The first-order valence-electron chi connectivity index (χ1n) is 6.89. The molecule has 0 fully saturated rings. The molecule has 1 unspecified atom stereocenters. The maximum absolute atomic E-state index is 5.88. The van der Waals surface area contributed by atoms with Crippen LogP contribution in [-0.2, 0) is 0 Å². The van der Waals surface area contributed by atoms with Crippen molar-refractivity contribution in [2.45, 2.75) is 20.0 Å².